The van der Waals surface area contributed by atoms with Gasteiger partial charge in [0.2, 0.25) is 0 Å². The van der Waals surface area contributed by atoms with Crippen LogP contribution < -0.4 is 10.3 Å². The number of nitrogens with one attached hydrogen (secondary N) is 1. The van der Waals surface area contributed by atoms with Gasteiger partial charge in [-0.3, -0.25) is 9.79 Å². The molecule has 0 aromatic heterocycles. The van der Waals surface area contributed by atoms with E-state index in [1.54, 1.807) is 0 Å². The zero-order valence-corrected chi connectivity index (χ0v) is 16.1. The molecule has 2 heterocycles. The summed E-state index contributed by atoms with van der Waals surface area (Å²) in [6.07, 6.45) is 1.31. The number of rotatable bonds is 3. The highest BCUT2D eigenvalue weighted by molar-refractivity contribution is 6.37. The number of benzene rings is 2. The van der Waals surface area contributed by atoms with Gasteiger partial charge in [-0.05, 0) is 25.0 Å². The Morgan fingerprint density at radius 1 is 1.11 bits per heavy atom. The first kappa shape index (κ1) is 17.7. The molecule has 0 bridgehead atoms. The Labute approximate surface area is 163 Å². The molecular formula is C21H21ClN4O. The second kappa shape index (κ2) is 6.82. The summed E-state index contributed by atoms with van der Waals surface area (Å²) in [5.41, 5.74) is 5.53. The lowest BCUT2D eigenvalue weighted by Gasteiger charge is -2.45. The average molecular weight is 381 g/mol. The fourth-order valence-electron chi connectivity index (χ4n) is 3.97. The van der Waals surface area contributed by atoms with Crippen LogP contribution >= 0.6 is 11.6 Å². The van der Waals surface area contributed by atoms with Crippen LogP contribution in [0.4, 0.5) is 5.69 Å². The number of carbonyl (C=O) groups is 1. The minimum Gasteiger partial charge on any atom is -0.311 e. The summed E-state index contributed by atoms with van der Waals surface area (Å²) in [4.78, 5) is 19.8. The van der Waals surface area contributed by atoms with Crippen molar-refractivity contribution in [3.05, 3.63) is 64.7 Å². The largest absolute Gasteiger partial charge is 0.311 e. The molecule has 0 fully saturated rings. The molecule has 138 valence electrons. The normalized spacial score (nSPS) is 17.9. The molecule has 0 saturated carbocycles. The topological polar surface area (TPSA) is 57.1 Å². The summed E-state index contributed by atoms with van der Waals surface area (Å²) in [6, 6.07) is 15.8. The van der Waals surface area contributed by atoms with Crippen molar-refractivity contribution in [3.63, 3.8) is 0 Å². The van der Waals surface area contributed by atoms with Crippen molar-refractivity contribution in [1.29, 1.82) is 0 Å². The van der Waals surface area contributed by atoms with E-state index in [-0.39, 0.29) is 5.91 Å². The molecule has 0 atom stereocenters. The molecule has 0 spiro atoms. The van der Waals surface area contributed by atoms with Crippen LogP contribution in [0.5, 0.6) is 0 Å². The van der Waals surface area contributed by atoms with Gasteiger partial charge >= 0.3 is 0 Å². The number of hydrogen-bond donors (Lipinski definition) is 1. The van der Waals surface area contributed by atoms with Crippen LogP contribution in [0, 0.1) is 0 Å². The maximum atomic E-state index is 12.9. The van der Waals surface area contributed by atoms with Crippen LogP contribution in [0.15, 0.2) is 58.6 Å². The Balaban J connectivity index is 2.00. The first-order chi connectivity index (χ1) is 13.1. The van der Waals surface area contributed by atoms with Crippen molar-refractivity contribution in [1.82, 2.24) is 5.43 Å². The number of hydrazone groups is 1. The summed E-state index contributed by atoms with van der Waals surface area (Å²) < 4.78 is 0. The Kier molecular flexibility index (Phi) is 4.48. The molecule has 2 aliphatic heterocycles. The number of halogens is 1. The first-order valence-corrected chi connectivity index (χ1v) is 9.56. The van der Waals surface area contributed by atoms with Gasteiger partial charge in [0.25, 0.3) is 5.91 Å². The zero-order chi connectivity index (χ0) is 19.0. The molecule has 0 aliphatic carbocycles. The smallest absolute Gasteiger partial charge is 0.266 e. The van der Waals surface area contributed by atoms with Gasteiger partial charge in [-0.25, -0.2) is 5.43 Å². The van der Waals surface area contributed by atoms with Crippen molar-refractivity contribution >= 4 is 34.7 Å². The van der Waals surface area contributed by atoms with E-state index in [0.29, 0.717) is 24.4 Å². The highest BCUT2D eigenvalue weighted by Gasteiger charge is 2.47. The van der Waals surface area contributed by atoms with Gasteiger partial charge in [0.1, 0.15) is 5.54 Å². The van der Waals surface area contributed by atoms with E-state index in [4.69, 9.17) is 16.6 Å². The van der Waals surface area contributed by atoms with Gasteiger partial charge in [-0.1, -0.05) is 61.8 Å². The molecule has 1 amide bonds. The van der Waals surface area contributed by atoms with Gasteiger partial charge in [-0.15, -0.1) is 0 Å². The van der Waals surface area contributed by atoms with Crippen LogP contribution in [-0.2, 0) is 4.79 Å². The maximum Gasteiger partial charge on any atom is 0.266 e. The molecule has 2 aromatic carbocycles. The number of anilines is 1. The summed E-state index contributed by atoms with van der Waals surface area (Å²) in [6.45, 7) is 4.43. The van der Waals surface area contributed by atoms with Crippen LogP contribution in [0.25, 0.3) is 0 Å². The first-order valence-electron chi connectivity index (χ1n) is 9.18. The lowest BCUT2D eigenvalue weighted by molar-refractivity contribution is -0.126. The van der Waals surface area contributed by atoms with Crippen LogP contribution in [0.2, 0.25) is 5.02 Å². The summed E-state index contributed by atoms with van der Waals surface area (Å²) in [7, 11) is 0. The highest BCUT2D eigenvalue weighted by atomic mass is 35.5. The second-order valence-electron chi connectivity index (χ2n) is 6.71. The minimum atomic E-state index is -0.710. The van der Waals surface area contributed by atoms with E-state index in [1.165, 1.54) is 0 Å². The molecular weight excluding hydrogens is 360 g/mol. The van der Waals surface area contributed by atoms with Gasteiger partial charge in [0, 0.05) is 11.1 Å². The van der Waals surface area contributed by atoms with E-state index in [1.807, 2.05) is 67.3 Å². The Hall–Kier alpha value is -2.66. The van der Waals surface area contributed by atoms with E-state index < -0.39 is 5.54 Å². The number of amidine groups is 1. The summed E-state index contributed by atoms with van der Waals surface area (Å²) >= 11 is 6.66. The predicted molar refractivity (Wildman–Crippen MR) is 110 cm³/mol. The quantitative estimate of drug-likeness (QED) is 0.874. The van der Waals surface area contributed by atoms with Crippen molar-refractivity contribution < 1.29 is 4.79 Å². The van der Waals surface area contributed by atoms with Gasteiger partial charge in [0.15, 0.2) is 5.84 Å². The zero-order valence-electron chi connectivity index (χ0n) is 15.4. The molecule has 0 radical (unpaired) electrons. The Morgan fingerprint density at radius 3 is 2.56 bits per heavy atom. The number of carbonyl (C=O) groups excluding carboxylic acids is 1. The monoisotopic (exact) mass is 380 g/mol. The fraction of sp³-hybridized carbons (Fsp3) is 0.286. The third-order valence-electron chi connectivity index (χ3n) is 5.46. The molecule has 5 nitrogen and oxygen atoms in total. The number of fused-ring (bicyclic) bond motifs is 3. The van der Waals surface area contributed by atoms with Gasteiger partial charge in [0.05, 0.1) is 23.0 Å². The number of aliphatic imine (C=N–C) groups is 1. The van der Waals surface area contributed by atoms with E-state index >= 15 is 0 Å². The molecule has 2 aromatic rings. The van der Waals surface area contributed by atoms with Crippen molar-refractivity contribution in [2.45, 2.75) is 32.2 Å². The standard InChI is InChI=1S/C21H21ClN4O/c1-3-21(4-2)20(27)25-24-17-13-23-19(14-9-6-5-7-10-14)18-15(22)11-8-12-16(18)26(17)21/h5-12H,3-4,13H2,1-2H3,(H,25,27). The lowest BCUT2D eigenvalue weighted by atomic mass is 9.87. The maximum absolute atomic E-state index is 12.9. The minimum absolute atomic E-state index is 0.0923. The number of amides is 1. The fourth-order valence-corrected chi connectivity index (χ4v) is 4.23. The number of nitrogens with zero attached hydrogens (tertiary/aromatic N) is 3. The average Bonchev–Trinajstić information content (AvgIpc) is 2.87. The third-order valence-corrected chi connectivity index (χ3v) is 5.78. The molecule has 4 rings (SSSR count). The highest BCUT2D eigenvalue weighted by Crippen LogP contribution is 2.39. The summed E-state index contributed by atoms with van der Waals surface area (Å²) in [5, 5.41) is 4.95. The summed E-state index contributed by atoms with van der Waals surface area (Å²) in [5.74, 6) is 0.637. The van der Waals surface area contributed by atoms with Crippen LogP contribution in [0.1, 0.15) is 37.8 Å². The van der Waals surface area contributed by atoms with Crippen molar-refractivity contribution in [2.24, 2.45) is 10.1 Å². The molecule has 0 unspecified atom stereocenters. The van der Waals surface area contributed by atoms with E-state index in [0.717, 1.165) is 28.4 Å². The van der Waals surface area contributed by atoms with Gasteiger partial charge in [-0.2, -0.15) is 5.10 Å². The third kappa shape index (κ3) is 2.65. The van der Waals surface area contributed by atoms with Crippen LogP contribution in [-0.4, -0.2) is 29.5 Å². The Bertz CT molecular complexity index is 948. The van der Waals surface area contributed by atoms with E-state index in [2.05, 4.69) is 10.5 Å². The molecule has 27 heavy (non-hydrogen) atoms. The van der Waals surface area contributed by atoms with Crippen molar-refractivity contribution in [2.75, 3.05) is 11.4 Å². The van der Waals surface area contributed by atoms with Crippen LogP contribution in [0.3, 0.4) is 0 Å². The predicted octanol–water partition coefficient (Wildman–Crippen LogP) is 4.00. The molecule has 6 heteroatoms. The lowest BCUT2D eigenvalue weighted by Crippen LogP contribution is -2.64. The Morgan fingerprint density at radius 2 is 1.85 bits per heavy atom. The number of hydrogen-bond acceptors (Lipinski definition) is 4. The molecule has 2 aliphatic rings. The van der Waals surface area contributed by atoms with E-state index in [9.17, 15) is 4.79 Å². The van der Waals surface area contributed by atoms with Crippen molar-refractivity contribution in [3.8, 4) is 0 Å². The molecule has 0 saturated heterocycles. The SMILES string of the molecule is CCC1(CC)C(=O)NN=C2CN=C(c3ccccc3)c3c(Cl)cccc3N21. The van der Waals surface area contributed by atoms with Gasteiger partial charge < -0.3 is 4.90 Å². The second-order valence-corrected chi connectivity index (χ2v) is 7.12. The molecule has 1 N–H and O–H groups in total.